The molecule has 4 atom stereocenters. The van der Waals surface area contributed by atoms with Crippen molar-refractivity contribution >= 4 is 47.5 Å². The Kier molecular flexibility index (Phi) is 26.2. The maximum atomic E-state index is 13.5. The van der Waals surface area contributed by atoms with Crippen LogP contribution in [0, 0.1) is 0 Å². The zero-order valence-electron chi connectivity index (χ0n) is 35.5. The van der Waals surface area contributed by atoms with E-state index in [-0.39, 0.29) is 38.5 Å². The summed E-state index contributed by atoms with van der Waals surface area (Å²) in [7, 11) is 0. The van der Waals surface area contributed by atoms with Gasteiger partial charge >= 0.3 is 23.9 Å². The predicted molar refractivity (Wildman–Crippen MR) is 224 cm³/mol. The highest BCUT2D eigenvalue weighted by molar-refractivity contribution is 5.94. The number of imidazole rings is 2. The number of carboxylic acids is 4. The fourth-order valence-corrected chi connectivity index (χ4v) is 6.83. The molecule has 0 radical (unpaired) electrons. The Labute approximate surface area is 361 Å². The number of carbonyl (C=O) groups excluding carboxylic acids is 4. The van der Waals surface area contributed by atoms with E-state index in [1.807, 2.05) is 0 Å². The minimum Gasteiger partial charge on any atom is -0.481 e. The molecule has 0 aliphatic heterocycles. The Hall–Kier alpha value is -5.82. The van der Waals surface area contributed by atoms with Crippen molar-refractivity contribution in [3.05, 3.63) is 36.4 Å². The van der Waals surface area contributed by atoms with Crippen LogP contribution in [0.2, 0.25) is 0 Å². The molecule has 62 heavy (non-hydrogen) atoms. The van der Waals surface area contributed by atoms with Crippen LogP contribution in [-0.2, 0) is 51.2 Å². The van der Waals surface area contributed by atoms with E-state index in [1.165, 1.54) is 70.0 Å². The van der Waals surface area contributed by atoms with Gasteiger partial charge in [-0.15, -0.1) is 0 Å². The molecule has 4 amide bonds. The first-order valence-electron chi connectivity index (χ1n) is 21.8. The number of nitrogens with one attached hydrogen (secondary N) is 6. The summed E-state index contributed by atoms with van der Waals surface area (Å²) in [5.74, 6) is -7.78. The molecule has 0 aliphatic rings. The van der Waals surface area contributed by atoms with Gasteiger partial charge in [-0.1, -0.05) is 89.9 Å². The molecule has 0 unspecified atom stereocenters. The Morgan fingerprint density at radius 2 is 0.806 bits per heavy atom. The van der Waals surface area contributed by atoms with Crippen molar-refractivity contribution in [1.29, 1.82) is 0 Å². The molecule has 2 heterocycles. The highest BCUT2D eigenvalue weighted by Crippen LogP contribution is 2.15. The first-order chi connectivity index (χ1) is 29.7. The van der Waals surface area contributed by atoms with Crippen LogP contribution >= 0.6 is 0 Å². The van der Waals surface area contributed by atoms with Gasteiger partial charge in [-0.05, 0) is 25.7 Å². The van der Waals surface area contributed by atoms with Gasteiger partial charge in [-0.2, -0.15) is 0 Å². The van der Waals surface area contributed by atoms with E-state index in [9.17, 15) is 53.7 Å². The summed E-state index contributed by atoms with van der Waals surface area (Å²) in [6.45, 7) is 0. The number of carbonyl (C=O) groups is 8. The number of amides is 4. The van der Waals surface area contributed by atoms with Crippen molar-refractivity contribution in [3.8, 4) is 0 Å². The SMILES string of the molecule is O=C(O)CCCCCCCCCCCCCCCCCCC(=O)N[C@@H](CCC(=O)N[C@@H](CCC(=O)O)C(=O)N[C@@H](Cc1cnc[nH]1)C(=O)N[C@@H](Cc1cnc[nH]1)C(=O)O)C(=O)O. The minimum atomic E-state index is -1.47. The van der Waals surface area contributed by atoms with E-state index < -0.39 is 84.5 Å². The summed E-state index contributed by atoms with van der Waals surface area (Å²) in [5.41, 5.74) is 0.829. The minimum absolute atomic E-state index is 0.124. The Morgan fingerprint density at radius 1 is 0.435 bits per heavy atom. The number of unbranched alkanes of at least 4 members (excludes halogenated alkanes) is 15. The number of nitrogens with zero attached hydrogens (tertiary/aromatic N) is 2. The molecule has 10 N–H and O–H groups in total. The quantitative estimate of drug-likeness (QED) is 0.0432. The summed E-state index contributed by atoms with van der Waals surface area (Å²) in [4.78, 5) is 112. The van der Waals surface area contributed by atoms with Gasteiger partial charge in [-0.3, -0.25) is 28.8 Å². The largest absolute Gasteiger partial charge is 0.481 e. The summed E-state index contributed by atoms with van der Waals surface area (Å²) in [6.07, 6.45) is 20.9. The fourth-order valence-electron chi connectivity index (χ4n) is 6.83. The van der Waals surface area contributed by atoms with Gasteiger partial charge in [0.25, 0.3) is 0 Å². The lowest BCUT2D eigenvalue weighted by molar-refractivity contribution is -0.143. The molecule has 346 valence electrons. The first kappa shape index (κ1) is 52.3. The smallest absolute Gasteiger partial charge is 0.326 e. The molecule has 0 aliphatic carbocycles. The number of rotatable bonds is 37. The zero-order valence-corrected chi connectivity index (χ0v) is 35.5. The van der Waals surface area contributed by atoms with Crippen molar-refractivity contribution in [2.75, 3.05) is 0 Å². The van der Waals surface area contributed by atoms with Crippen molar-refractivity contribution in [3.63, 3.8) is 0 Å². The molecule has 20 heteroatoms. The van der Waals surface area contributed by atoms with Gasteiger partial charge in [-0.25, -0.2) is 19.6 Å². The lowest BCUT2D eigenvalue weighted by atomic mass is 10.0. The van der Waals surface area contributed by atoms with Crippen LogP contribution < -0.4 is 21.3 Å². The van der Waals surface area contributed by atoms with Crippen LogP contribution in [0.5, 0.6) is 0 Å². The second-order valence-corrected chi connectivity index (χ2v) is 15.6. The zero-order chi connectivity index (χ0) is 45.5. The average Bonchev–Trinajstić information content (AvgIpc) is 3.94. The second kappa shape index (κ2) is 31.1. The van der Waals surface area contributed by atoms with Crippen LogP contribution in [-0.4, -0.2) is 112 Å². The lowest BCUT2D eigenvalue weighted by Gasteiger charge is -2.24. The van der Waals surface area contributed by atoms with Gasteiger partial charge in [0.15, 0.2) is 0 Å². The first-order valence-corrected chi connectivity index (χ1v) is 21.8. The van der Waals surface area contributed by atoms with E-state index >= 15 is 0 Å². The molecule has 0 fully saturated rings. The standard InChI is InChI=1S/C42H66N8O12/c51-35(17-15-13-11-9-7-5-3-1-2-4-6-8-10-12-14-16-18-37(53)54)48-32(41(59)60)19-21-36(52)47-31(20-22-38(55)56)39(57)49-33(23-29-25-43-27-45-29)40(58)50-34(42(61)62)24-30-26-44-28-46-30/h25-28,31-34H,1-24H2,(H,43,45)(H,44,46)(H,47,52)(H,48,51)(H,49,57)(H,50,58)(H,53,54)(H,55,56)(H,59,60)(H,61,62)/t31-,32-,33-,34-/m0/s1. The maximum Gasteiger partial charge on any atom is 0.326 e. The van der Waals surface area contributed by atoms with Crippen molar-refractivity contribution in [2.24, 2.45) is 0 Å². The van der Waals surface area contributed by atoms with Crippen molar-refractivity contribution in [2.45, 2.75) is 178 Å². The van der Waals surface area contributed by atoms with E-state index in [4.69, 9.17) is 5.11 Å². The van der Waals surface area contributed by atoms with Crippen molar-refractivity contribution < 1.29 is 58.8 Å². The number of carboxylic acid groups (broad SMARTS) is 4. The fraction of sp³-hybridized carbons (Fsp3) is 0.667. The third-order valence-corrected chi connectivity index (χ3v) is 10.3. The molecule has 0 spiro atoms. The third kappa shape index (κ3) is 24.4. The van der Waals surface area contributed by atoms with Gasteiger partial charge < -0.3 is 51.7 Å². The normalized spacial score (nSPS) is 13.0. The maximum absolute atomic E-state index is 13.5. The van der Waals surface area contributed by atoms with Gasteiger partial charge in [0.05, 0.1) is 12.7 Å². The van der Waals surface area contributed by atoms with Gasteiger partial charge in [0.2, 0.25) is 23.6 Å². The molecular formula is C42H66N8O12. The molecule has 0 saturated heterocycles. The molecular weight excluding hydrogens is 809 g/mol. The second-order valence-electron chi connectivity index (χ2n) is 15.6. The number of aromatic nitrogens is 4. The molecule has 0 saturated carbocycles. The Morgan fingerprint density at radius 3 is 1.24 bits per heavy atom. The highest BCUT2D eigenvalue weighted by atomic mass is 16.4. The third-order valence-electron chi connectivity index (χ3n) is 10.3. The predicted octanol–water partition coefficient (Wildman–Crippen LogP) is 3.78. The summed E-state index contributed by atoms with van der Waals surface area (Å²) < 4.78 is 0. The van der Waals surface area contributed by atoms with Crippen molar-refractivity contribution in [1.82, 2.24) is 41.2 Å². The number of aromatic amines is 2. The number of H-pyrrole nitrogens is 2. The molecule has 20 nitrogen and oxygen atoms in total. The number of hydrogen-bond donors (Lipinski definition) is 10. The van der Waals surface area contributed by atoms with Crippen LogP contribution in [0.25, 0.3) is 0 Å². The van der Waals surface area contributed by atoms with Crippen LogP contribution in [0.1, 0.15) is 153 Å². The Balaban J connectivity index is 1.76. The van der Waals surface area contributed by atoms with Crippen LogP contribution in [0.15, 0.2) is 25.0 Å². The molecule has 2 aromatic heterocycles. The topological polar surface area (TPSA) is 323 Å². The average molecular weight is 875 g/mol. The molecule has 2 rings (SSSR count). The van der Waals surface area contributed by atoms with Crippen LogP contribution in [0.4, 0.5) is 0 Å². The Bertz CT molecular complexity index is 1650. The van der Waals surface area contributed by atoms with E-state index in [0.717, 1.165) is 51.4 Å². The van der Waals surface area contributed by atoms with E-state index in [2.05, 4.69) is 41.2 Å². The van der Waals surface area contributed by atoms with Gasteiger partial charge in [0.1, 0.15) is 24.2 Å². The van der Waals surface area contributed by atoms with E-state index in [0.29, 0.717) is 17.8 Å². The summed E-state index contributed by atoms with van der Waals surface area (Å²) >= 11 is 0. The number of aliphatic carboxylic acids is 4. The highest BCUT2D eigenvalue weighted by Gasteiger charge is 2.31. The lowest BCUT2D eigenvalue weighted by Crippen LogP contribution is -2.56. The molecule has 0 aromatic carbocycles. The van der Waals surface area contributed by atoms with Gasteiger partial charge in [0, 0.05) is 62.3 Å². The summed E-state index contributed by atoms with van der Waals surface area (Å²) in [6, 6.07) is -5.65. The van der Waals surface area contributed by atoms with E-state index in [1.54, 1.807) is 0 Å². The van der Waals surface area contributed by atoms with Crippen LogP contribution in [0.3, 0.4) is 0 Å². The number of hydrogen-bond acceptors (Lipinski definition) is 10. The monoisotopic (exact) mass is 874 g/mol. The summed E-state index contributed by atoms with van der Waals surface area (Å²) in [5, 5.41) is 47.2. The molecule has 2 aromatic rings. The molecule has 0 bridgehead atoms.